The van der Waals surface area contributed by atoms with E-state index >= 15 is 0 Å². The summed E-state index contributed by atoms with van der Waals surface area (Å²) in [5.74, 6) is 0.255. The average Bonchev–Trinajstić information content (AvgIpc) is 2.52. The normalized spacial score (nSPS) is 20.2. The highest BCUT2D eigenvalue weighted by molar-refractivity contribution is 6.29. The molecule has 0 unspecified atom stereocenters. The van der Waals surface area contributed by atoms with E-state index in [1.807, 2.05) is 0 Å². The molecule has 1 aromatic rings. The van der Waals surface area contributed by atoms with Crippen LogP contribution in [0.15, 0.2) is 10.9 Å². The maximum Gasteiger partial charge on any atom is 0.413 e. The van der Waals surface area contributed by atoms with Gasteiger partial charge in [0.05, 0.1) is 19.8 Å². The van der Waals surface area contributed by atoms with Gasteiger partial charge in [-0.05, 0) is 0 Å². The molecule has 1 spiro atoms. The van der Waals surface area contributed by atoms with Gasteiger partial charge in [-0.25, -0.2) is 9.59 Å². The first-order valence-electron chi connectivity index (χ1n) is 4.92. The van der Waals surface area contributed by atoms with E-state index in [0.29, 0.717) is 0 Å². The minimum Gasteiger partial charge on any atom is -0.465 e. The van der Waals surface area contributed by atoms with Crippen LogP contribution in [0.5, 0.6) is 0 Å². The minimum absolute atomic E-state index is 0.00945. The summed E-state index contributed by atoms with van der Waals surface area (Å²) < 4.78 is 6.38. The molecule has 8 heteroatoms. The molecule has 2 aliphatic heterocycles. The van der Waals surface area contributed by atoms with Gasteiger partial charge in [0.2, 0.25) is 0 Å². The molecular weight excluding hydrogens is 250 g/mol. The molecule has 3 rings (SSSR count). The van der Waals surface area contributed by atoms with E-state index in [-0.39, 0.29) is 30.7 Å². The summed E-state index contributed by atoms with van der Waals surface area (Å²) >= 11 is 5.68. The first-order chi connectivity index (χ1) is 8.03. The predicted molar refractivity (Wildman–Crippen MR) is 57.6 cm³/mol. The maximum atomic E-state index is 11.6. The number of fused-ring (bicyclic) bond motifs is 1. The lowest BCUT2D eigenvalue weighted by Crippen LogP contribution is -2.63. The highest BCUT2D eigenvalue weighted by Crippen LogP contribution is 2.38. The lowest BCUT2D eigenvalue weighted by atomic mass is 9.97. The van der Waals surface area contributed by atoms with Crippen LogP contribution in [0, 0.1) is 0 Å². The predicted octanol–water partition coefficient (Wildman–Crippen LogP) is 0.164. The molecule has 1 aromatic heterocycles. The molecule has 1 saturated heterocycles. The molecule has 17 heavy (non-hydrogen) atoms. The van der Waals surface area contributed by atoms with Gasteiger partial charge in [-0.1, -0.05) is 11.6 Å². The molecule has 0 radical (unpaired) electrons. The van der Waals surface area contributed by atoms with Crippen molar-refractivity contribution < 1.29 is 14.6 Å². The Morgan fingerprint density at radius 1 is 1.59 bits per heavy atom. The van der Waals surface area contributed by atoms with Gasteiger partial charge in [0, 0.05) is 6.07 Å². The maximum absolute atomic E-state index is 11.6. The van der Waals surface area contributed by atoms with Gasteiger partial charge in [-0.3, -0.25) is 9.47 Å². The van der Waals surface area contributed by atoms with Crippen LogP contribution in [-0.2, 0) is 11.3 Å². The third-order valence-electron chi connectivity index (χ3n) is 3.05. The van der Waals surface area contributed by atoms with Crippen molar-refractivity contribution in [1.82, 2.24) is 9.55 Å². The molecule has 7 nitrogen and oxygen atoms in total. The second kappa shape index (κ2) is 3.21. The van der Waals surface area contributed by atoms with Crippen LogP contribution < -0.4 is 10.6 Å². The number of nitrogens with zero attached hydrogens (tertiary/aromatic N) is 3. The number of ether oxygens (including phenoxy) is 1. The lowest BCUT2D eigenvalue weighted by molar-refractivity contribution is -0.0558. The molecule has 0 bridgehead atoms. The van der Waals surface area contributed by atoms with Crippen LogP contribution >= 0.6 is 11.6 Å². The number of hydrogen-bond donors (Lipinski definition) is 1. The molecule has 0 aromatic carbocycles. The Kier molecular flexibility index (Phi) is 1.99. The van der Waals surface area contributed by atoms with E-state index in [0.717, 1.165) is 4.90 Å². The summed E-state index contributed by atoms with van der Waals surface area (Å²) in [5, 5.41) is 9.22. The first kappa shape index (κ1) is 10.5. The van der Waals surface area contributed by atoms with Gasteiger partial charge >= 0.3 is 11.8 Å². The zero-order chi connectivity index (χ0) is 12.2. The molecule has 1 amide bonds. The van der Waals surface area contributed by atoms with Crippen LogP contribution in [-0.4, -0.2) is 39.5 Å². The number of anilines is 1. The fourth-order valence-electron chi connectivity index (χ4n) is 2.27. The molecule has 90 valence electrons. The Morgan fingerprint density at radius 3 is 2.82 bits per heavy atom. The highest BCUT2D eigenvalue weighted by atomic mass is 35.5. The van der Waals surface area contributed by atoms with Crippen molar-refractivity contribution in [2.45, 2.75) is 12.1 Å². The van der Waals surface area contributed by atoms with E-state index in [4.69, 9.17) is 16.3 Å². The topological polar surface area (TPSA) is 84.7 Å². The zero-order valence-corrected chi connectivity index (χ0v) is 9.35. The standard InChI is InChI=1S/C9H8ClN3O4/c10-5-1-6-12(7(14)11-5)2-9(3-17-4-9)13(6)8(15)16/h1H,2-4H2,(H,15,16). The SMILES string of the molecule is O=C(O)N1c2cc(Cl)nc(=O)n2CC12COC2. The fourth-order valence-corrected chi connectivity index (χ4v) is 2.44. The Labute approximate surface area is 100 Å². The molecule has 3 heterocycles. The van der Waals surface area contributed by atoms with Gasteiger partial charge in [0.15, 0.2) is 0 Å². The Balaban J connectivity index is 2.20. The summed E-state index contributed by atoms with van der Waals surface area (Å²) in [6.07, 6.45) is -1.12. The number of halogens is 1. The van der Waals surface area contributed by atoms with Crippen LogP contribution in [0.3, 0.4) is 0 Å². The lowest BCUT2D eigenvalue weighted by Gasteiger charge is -2.42. The number of carboxylic acid groups (broad SMARTS) is 1. The Bertz CT molecular complexity index is 566. The monoisotopic (exact) mass is 257 g/mol. The van der Waals surface area contributed by atoms with Crippen molar-refractivity contribution in [2.24, 2.45) is 0 Å². The number of hydrogen-bond acceptors (Lipinski definition) is 4. The van der Waals surface area contributed by atoms with E-state index in [2.05, 4.69) is 4.98 Å². The summed E-state index contributed by atoms with van der Waals surface area (Å²) in [6, 6.07) is 1.38. The summed E-state index contributed by atoms with van der Waals surface area (Å²) in [5.41, 5.74) is -1.22. The van der Waals surface area contributed by atoms with Gasteiger partial charge in [0.25, 0.3) is 0 Å². The van der Waals surface area contributed by atoms with E-state index in [9.17, 15) is 14.7 Å². The average molecular weight is 258 g/mol. The van der Waals surface area contributed by atoms with Gasteiger partial charge in [-0.15, -0.1) is 0 Å². The van der Waals surface area contributed by atoms with Crippen LogP contribution in [0.1, 0.15) is 0 Å². The van der Waals surface area contributed by atoms with Gasteiger partial charge in [-0.2, -0.15) is 4.98 Å². The quantitative estimate of drug-likeness (QED) is 0.670. The van der Waals surface area contributed by atoms with Gasteiger partial charge in [0.1, 0.15) is 16.5 Å². The molecule has 0 atom stereocenters. The van der Waals surface area contributed by atoms with Crippen molar-refractivity contribution >= 4 is 23.5 Å². The molecule has 0 saturated carbocycles. The zero-order valence-electron chi connectivity index (χ0n) is 8.59. The van der Waals surface area contributed by atoms with Crippen LogP contribution in [0.4, 0.5) is 10.6 Å². The number of aromatic nitrogens is 2. The molecule has 1 N–H and O–H groups in total. The Hall–Kier alpha value is -1.60. The number of carbonyl (C=O) groups is 1. The second-order valence-corrected chi connectivity index (χ2v) is 4.53. The third kappa shape index (κ3) is 1.29. The summed E-state index contributed by atoms with van der Waals surface area (Å²) in [4.78, 5) is 27.6. The number of amides is 1. The number of rotatable bonds is 0. The Morgan fingerprint density at radius 2 is 2.29 bits per heavy atom. The molecule has 2 aliphatic rings. The second-order valence-electron chi connectivity index (χ2n) is 4.14. The third-order valence-corrected chi connectivity index (χ3v) is 3.24. The molecular formula is C9H8ClN3O4. The van der Waals surface area contributed by atoms with E-state index in [1.165, 1.54) is 10.6 Å². The van der Waals surface area contributed by atoms with Crippen molar-refractivity contribution in [2.75, 3.05) is 18.1 Å². The van der Waals surface area contributed by atoms with E-state index in [1.54, 1.807) is 0 Å². The van der Waals surface area contributed by atoms with Gasteiger partial charge < -0.3 is 9.84 Å². The van der Waals surface area contributed by atoms with Crippen LogP contribution in [0.2, 0.25) is 5.15 Å². The largest absolute Gasteiger partial charge is 0.465 e. The van der Waals surface area contributed by atoms with Crippen molar-refractivity contribution in [3.05, 3.63) is 21.7 Å². The first-order valence-corrected chi connectivity index (χ1v) is 5.30. The van der Waals surface area contributed by atoms with E-state index < -0.39 is 17.3 Å². The molecule has 1 fully saturated rings. The smallest absolute Gasteiger partial charge is 0.413 e. The van der Waals surface area contributed by atoms with Crippen molar-refractivity contribution in [3.63, 3.8) is 0 Å². The van der Waals surface area contributed by atoms with Crippen molar-refractivity contribution in [1.29, 1.82) is 0 Å². The van der Waals surface area contributed by atoms with Crippen LogP contribution in [0.25, 0.3) is 0 Å². The highest BCUT2D eigenvalue weighted by Gasteiger charge is 2.53. The fraction of sp³-hybridized carbons (Fsp3) is 0.444. The summed E-state index contributed by atoms with van der Waals surface area (Å²) in [6.45, 7) is 0.813. The van der Waals surface area contributed by atoms with Crippen molar-refractivity contribution in [3.8, 4) is 0 Å². The molecule has 0 aliphatic carbocycles. The minimum atomic E-state index is -1.12. The summed E-state index contributed by atoms with van der Waals surface area (Å²) in [7, 11) is 0.